The van der Waals surface area contributed by atoms with Crippen molar-refractivity contribution in [2.75, 3.05) is 11.1 Å². The molecule has 4 nitrogen and oxygen atoms in total. The molecule has 1 aliphatic rings. The van der Waals surface area contributed by atoms with Crippen LogP contribution >= 0.6 is 23.4 Å². The molecule has 1 N–H and O–H groups in total. The Bertz CT molecular complexity index is 1170. The lowest BCUT2D eigenvalue weighted by Crippen LogP contribution is -2.27. The smallest absolute Gasteiger partial charge is 0.322 e. The molecule has 1 saturated heterocycles. The van der Waals surface area contributed by atoms with Crippen LogP contribution in [0.5, 0.6) is 0 Å². The van der Waals surface area contributed by atoms with Crippen molar-refractivity contribution in [2.45, 2.75) is 18.1 Å². The van der Waals surface area contributed by atoms with Crippen molar-refractivity contribution in [3.05, 3.63) is 100 Å². The van der Waals surface area contributed by atoms with E-state index in [1.165, 1.54) is 17.8 Å². The number of rotatable bonds is 5. The van der Waals surface area contributed by atoms with E-state index in [1.54, 1.807) is 29.2 Å². The van der Waals surface area contributed by atoms with Gasteiger partial charge in [-0.3, -0.25) is 9.59 Å². The summed E-state index contributed by atoms with van der Waals surface area (Å²) in [5.74, 6) is -0.134. The van der Waals surface area contributed by atoms with Gasteiger partial charge in [0.2, 0.25) is 5.91 Å². The molecule has 0 aliphatic carbocycles. The first kappa shape index (κ1) is 23.2. The fourth-order valence-electron chi connectivity index (χ4n) is 3.50. The van der Waals surface area contributed by atoms with Crippen LogP contribution in [-0.4, -0.2) is 22.5 Å². The van der Waals surface area contributed by atoms with Gasteiger partial charge in [-0.2, -0.15) is 13.2 Å². The number of carbonyl (C=O) groups excluding carboxylic acids is 2. The summed E-state index contributed by atoms with van der Waals surface area (Å²) in [6.45, 7) is 0.484. The van der Waals surface area contributed by atoms with Gasteiger partial charge in [-0.05, 0) is 41.5 Å². The molecule has 3 aromatic carbocycles. The van der Waals surface area contributed by atoms with Crippen LogP contribution in [0.1, 0.15) is 32.4 Å². The molecule has 0 spiro atoms. The fourth-order valence-corrected chi connectivity index (χ4v) is 4.92. The fraction of sp³-hybridized carbons (Fsp3) is 0.167. The van der Waals surface area contributed by atoms with Crippen molar-refractivity contribution in [1.82, 2.24) is 4.90 Å². The number of nitrogens with one attached hydrogen (secondary N) is 1. The van der Waals surface area contributed by atoms with Crippen molar-refractivity contribution in [3.8, 4) is 0 Å². The summed E-state index contributed by atoms with van der Waals surface area (Å²) >= 11 is 7.13. The standard InChI is InChI=1S/C24H18ClF3N2O2S/c25-20-11-10-18(12-19(20)24(26,27)28)29-22(32)16-6-8-17(9-7-16)23-30(21(31)14-33-23)13-15-4-2-1-3-5-15/h1-12,23H,13-14H2,(H,29,32)/t23-/m1/s1. The predicted molar refractivity (Wildman–Crippen MR) is 123 cm³/mol. The van der Waals surface area contributed by atoms with E-state index in [4.69, 9.17) is 11.6 Å². The molecule has 170 valence electrons. The molecular weight excluding hydrogens is 473 g/mol. The Balaban J connectivity index is 1.48. The highest BCUT2D eigenvalue weighted by molar-refractivity contribution is 8.00. The zero-order chi connectivity index (χ0) is 23.6. The minimum atomic E-state index is -4.62. The molecular formula is C24H18ClF3N2O2S. The van der Waals surface area contributed by atoms with Crippen LogP contribution in [0.15, 0.2) is 72.8 Å². The third kappa shape index (κ3) is 5.34. The highest BCUT2D eigenvalue weighted by Gasteiger charge is 2.34. The van der Waals surface area contributed by atoms with Gasteiger partial charge in [0.05, 0.1) is 16.3 Å². The highest BCUT2D eigenvalue weighted by atomic mass is 35.5. The maximum absolute atomic E-state index is 13.1. The Morgan fingerprint density at radius 2 is 1.76 bits per heavy atom. The molecule has 33 heavy (non-hydrogen) atoms. The first-order valence-corrected chi connectivity index (χ1v) is 11.4. The van der Waals surface area contributed by atoms with Crippen LogP contribution < -0.4 is 5.32 Å². The third-order valence-electron chi connectivity index (χ3n) is 5.15. The van der Waals surface area contributed by atoms with Gasteiger partial charge in [0.1, 0.15) is 5.37 Å². The molecule has 2 amide bonds. The zero-order valence-electron chi connectivity index (χ0n) is 17.1. The lowest BCUT2D eigenvalue weighted by atomic mass is 10.1. The minimum Gasteiger partial charge on any atom is -0.322 e. The summed E-state index contributed by atoms with van der Waals surface area (Å²) in [4.78, 5) is 26.8. The van der Waals surface area contributed by atoms with Crippen molar-refractivity contribution < 1.29 is 22.8 Å². The van der Waals surface area contributed by atoms with Crippen molar-refractivity contribution >= 4 is 40.9 Å². The molecule has 0 radical (unpaired) electrons. The molecule has 4 rings (SSSR count). The van der Waals surface area contributed by atoms with Gasteiger partial charge >= 0.3 is 6.18 Å². The Hall–Kier alpha value is -2.97. The Morgan fingerprint density at radius 3 is 2.42 bits per heavy atom. The maximum atomic E-state index is 13.1. The first-order valence-electron chi connectivity index (χ1n) is 9.95. The van der Waals surface area contributed by atoms with E-state index in [0.717, 1.165) is 23.3 Å². The molecule has 1 fully saturated rings. The van der Waals surface area contributed by atoms with Crippen LogP contribution in [0.4, 0.5) is 18.9 Å². The quantitative estimate of drug-likeness (QED) is 0.451. The number of anilines is 1. The average Bonchev–Trinajstić information content (AvgIpc) is 3.15. The predicted octanol–water partition coefficient (Wildman–Crippen LogP) is 6.39. The largest absolute Gasteiger partial charge is 0.417 e. The van der Waals surface area contributed by atoms with Gasteiger partial charge in [0.25, 0.3) is 5.91 Å². The molecule has 0 bridgehead atoms. The number of hydrogen-bond acceptors (Lipinski definition) is 3. The monoisotopic (exact) mass is 490 g/mol. The van der Waals surface area contributed by atoms with Crippen molar-refractivity contribution in [2.24, 2.45) is 0 Å². The second kappa shape index (κ2) is 9.49. The van der Waals surface area contributed by atoms with Crippen LogP contribution in [0.2, 0.25) is 5.02 Å². The molecule has 0 unspecified atom stereocenters. The van der Waals surface area contributed by atoms with E-state index in [9.17, 15) is 22.8 Å². The Labute approximate surface area is 197 Å². The third-order valence-corrected chi connectivity index (χ3v) is 6.74. The highest BCUT2D eigenvalue weighted by Crippen LogP contribution is 2.40. The molecule has 0 saturated carbocycles. The van der Waals surface area contributed by atoms with Crippen LogP contribution in [0, 0.1) is 0 Å². The van der Waals surface area contributed by atoms with Crippen LogP contribution in [-0.2, 0) is 17.5 Å². The van der Waals surface area contributed by atoms with E-state index in [-0.39, 0.29) is 22.5 Å². The number of thioether (sulfide) groups is 1. The maximum Gasteiger partial charge on any atom is 0.417 e. The van der Waals surface area contributed by atoms with Gasteiger partial charge in [-0.25, -0.2) is 0 Å². The Morgan fingerprint density at radius 1 is 1.06 bits per heavy atom. The van der Waals surface area contributed by atoms with E-state index in [1.807, 2.05) is 30.3 Å². The van der Waals surface area contributed by atoms with E-state index < -0.39 is 22.7 Å². The van der Waals surface area contributed by atoms with Crippen molar-refractivity contribution in [3.63, 3.8) is 0 Å². The molecule has 1 heterocycles. The second-order valence-corrected chi connectivity index (χ2v) is 8.91. The van der Waals surface area contributed by atoms with Gasteiger partial charge < -0.3 is 10.2 Å². The van der Waals surface area contributed by atoms with Crippen LogP contribution in [0.3, 0.4) is 0 Å². The number of nitrogens with zero attached hydrogens (tertiary/aromatic N) is 1. The molecule has 9 heteroatoms. The molecule has 1 aliphatic heterocycles. The van der Waals surface area contributed by atoms with Gasteiger partial charge in [0.15, 0.2) is 0 Å². The Kier molecular flexibility index (Phi) is 6.67. The average molecular weight is 491 g/mol. The number of benzene rings is 3. The summed E-state index contributed by atoms with van der Waals surface area (Å²) < 4.78 is 39.2. The number of carbonyl (C=O) groups is 2. The SMILES string of the molecule is O=C(Nc1ccc(Cl)c(C(F)(F)F)c1)c1ccc([C@H]2SCC(=O)N2Cc2ccccc2)cc1. The van der Waals surface area contributed by atoms with Crippen molar-refractivity contribution in [1.29, 1.82) is 0 Å². The second-order valence-electron chi connectivity index (χ2n) is 7.44. The normalized spacial score (nSPS) is 16.2. The van der Waals surface area contributed by atoms with Gasteiger partial charge in [0, 0.05) is 17.8 Å². The summed E-state index contributed by atoms with van der Waals surface area (Å²) in [5.41, 5.74) is 1.15. The first-order chi connectivity index (χ1) is 15.7. The number of amides is 2. The minimum absolute atomic E-state index is 0.00761. The van der Waals surface area contributed by atoms with E-state index >= 15 is 0 Å². The number of halogens is 4. The molecule has 3 aromatic rings. The summed E-state index contributed by atoms with van der Waals surface area (Å²) in [5, 5.41) is 1.85. The van der Waals surface area contributed by atoms with Gasteiger partial charge in [-0.1, -0.05) is 54.1 Å². The van der Waals surface area contributed by atoms with Gasteiger partial charge in [-0.15, -0.1) is 11.8 Å². The molecule has 1 atom stereocenters. The topological polar surface area (TPSA) is 49.4 Å². The summed E-state index contributed by atoms with van der Waals surface area (Å²) in [7, 11) is 0. The summed E-state index contributed by atoms with van der Waals surface area (Å²) in [6.07, 6.45) is -4.62. The van der Waals surface area contributed by atoms with E-state index in [2.05, 4.69) is 5.32 Å². The van der Waals surface area contributed by atoms with E-state index in [0.29, 0.717) is 12.3 Å². The lowest BCUT2D eigenvalue weighted by Gasteiger charge is -2.24. The zero-order valence-corrected chi connectivity index (χ0v) is 18.7. The lowest BCUT2D eigenvalue weighted by molar-refractivity contribution is -0.137. The van der Waals surface area contributed by atoms with Crippen LogP contribution in [0.25, 0.3) is 0 Å². The number of hydrogen-bond donors (Lipinski definition) is 1. The number of alkyl halides is 3. The molecule has 0 aromatic heterocycles. The summed E-state index contributed by atoms with van der Waals surface area (Å²) in [6, 6.07) is 19.6.